The van der Waals surface area contributed by atoms with E-state index in [1.807, 2.05) is 6.07 Å². The molecule has 0 spiro atoms. The smallest absolute Gasteiger partial charge is 0.132 e. The molecule has 2 heterocycles. The van der Waals surface area contributed by atoms with Gasteiger partial charge in [0, 0.05) is 31.4 Å². The number of rotatable bonds is 7. The molecule has 24 heavy (non-hydrogen) atoms. The summed E-state index contributed by atoms with van der Waals surface area (Å²) >= 11 is 0. The standard InChI is InChI=1S/C20H28N2O2/c1-16(14-19(23)20-6-5-13-24-20)21-15-17-7-9-18(10-8-17)22-11-3-2-4-12-22/h5-10,13,16,19,21,23H,2-4,11-12,14-15H2,1H3. The second-order valence-electron chi connectivity index (χ2n) is 6.76. The average molecular weight is 328 g/mol. The van der Waals surface area contributed by atoms with E-state index >= 15 is 0 Å². The third kappa shape index (κ3) is 4.62. The van der Waals surface area contributed by atoms with Crippen LogP contribution in [-0.2, 0) is 6.54 Å². The Labute approximate surface area is 144 Å². The summed E-state index contributed by atoms with van der Waals surface area (Å²) in [6, 6.07) is 12.7. The van der Waals surface area contributed by atoms with Crippen molar-refractivity contribution in [1.29, 1.82) is 0 Å². The molecular weight excluding hydrogens is 300 g/mol. The average Bonchev–Trinajstić information content (AvgIpc) is 3.16. The molecule has 3 rings (SSSR count). The molecule has 1 fully saturated rings. The van der Waals surface area contributed by atoms with E-state index in [9.17, 15) is 5.11 Å². The Balaban J connectivity index is 1.45. The third-order valence-corrected chi connectivity index (χ3v) is 4.76. The first-order valence-corrected chi connectivity index (χ1v) is 9.01. The van der Waals surface area contributed by atoms with Gasteiger partial charge in [-0.1, -0.05) is 12.1 Å². The minimum Gasteiger partial charge on any atom is -0.467 e. The van der Waals surface area contributed by atoms with Crippen molar-refractivity contribution in [3.63, 3.8) is 0 Å². The van der Waals surface area contributed by atoms with Gasteiger partial charge < -0.3 is 19.7 Å². The Bertz CT molecular complexity index is 589. The highest BCUT2D eigenvalue weighted by Crippen LogP contribution is 2.21. The van der Waals surface area contributed by atoms with Crippen molar-refractivity contribution in [2.75, 3.05) is 18.0 Å². The van der Waals surface area contributed by atoms with Crippen molar-refractivity contribution < 1.29 is 9.52 Å². The molecule has 4 nitrogen and oxygen atoms in total. The molecule has 0 radical (unpaired) electrons. The summed E-state index contributed by atoms with van der Waals surface area (Å²) in [6.45, 7) is 5.26. The number of benzene rings is 1. The van der Waals surface area contributed by atoms with Crippen molar-refractivity contribution in [1.82, 2.24) is 5.32 Å². The van der Waals surface area contributed by atoms with E-state index in [1.165, 1.54) is 43.6 Å². The van der Waals surface area contributed by atoms with E-state index in [0.29, 0.717) is 12.2 Å². The Morgan fingerprint density at radius 3 is 2.54 bits per heavy atom. The molecule has 0 aliphatic carbocycles. The highest BCUT2D eigenvalue weighted by molar-refractivity contribution is 5.47. The van der Waals surface area contributed by atoms with Gasteiger partial charge in [0.15, 0.2) is 0 Å². The van der Waals surface area contributed by atoms with Crippen LogP contribution in [-0.4, -0.2) is 24.2 Å². The molecule has 2 aromatic rings. The Morgan fingerprint density at radius 1 is 1.12 bits per heavy atom. The van der Waals surface area contributed by atoms with Crippen molar-refractivity contribution in [2.45, 2.75) is 51.3 Å². The van der Waals surface area contributed by atoms with Gasteiger partial charge in [-0.25, -0.2) is 0 Å². The molecule has 1 aromatic heterocycles. The molecular formula is C20H28N2O2. The zero-order valence-corrected chi connectivity index (χ0v) is 14.4. The van der Waals surface area contributed by atoms with E-state index in [4.69, 9.17) is 4.42 Å². The van der Waals surface area contributed by atoms with E-state index < -0.39 is 6.10 Å². The molecule has 0 saturated carbocycles. The fraction of sp³-hybridized carbons (Fsp3) is 0.500. The van der Waals surface area contributed by atoms with E-state index in [2.05, 4.69) is 41.4 Å². The van der Waals surface area contributed by atoms with Gasteiger partial charge in [-0.05, 0) is 62.4 Å². The topological polar surface area (TPSA) is 48.6 Å². The van der Waals surface area contributed by atoms with Crippen LogP contribution < -0.4 is 10.2 Å². The molecule has 2 N–H and O–H groups in total. The van der Waals surface area contributed by atoms with E-state index in [-0.39, 0.29) is 6.04 Å². The molecule has 0 amide bonds. The molecule has 0 bridgehead atoms. The lowest BCUT2D eigenvalue weighted by Crippen LogP contribution is -2.29. The SMILES string of the molecule is CC(CC(O)c1ccco1)NCc1ccc(N2CCCCC2)cc1. The van der Waals surface area contributed by atoms with Gasteiger partial charge >= 0.3 is 0 Å². The van der Waals surface area contributed by atoms with Gasteiger partial charge in [0.2, 0.25) is 0 Å². The summed E-state index contributed by atoms with van der Waals surface area (Å²) < 4.78 is 5.25. The minimum atomic E-state index is -0.552. The van der Waals surface area contributed by atoms with E-state index in [0.717, 1.165) is 6.54 Å². The maximum absolute atomic E-state index is 10.1. The first-order valence-electron chi connectivity index (χ1n) is 9.01. The van der Waals surface area contributed by atoms with Gasteiger partial charge in [-0.15, -0.1) is 0 Å². The molecule has 2 unspecified atom stereocenters. The summed E-state index contributed by atoms with van der Waals surface area (Å²) in [5.41, 5.74) is 2.61. The number of aliphatic hydroxyl groups is 1. The minimum absolute atomic E-state index is 0.215. The second-order valence-corrected chi connectivity index (χ2v) is 6.76. The highest BCUT2D eigenvalue weighted by atomic mass is 16.4. The lowest BCUT2D eigenvalue weighted by atomic mass is 10.1. The van der Waals surface area contributed by atoms with Crippen molar-refractivity contribution in [3.8, 4) is 0 Å². The number of aliphatic hydroxyl groups excluding tert-OH is 1. The molecule has 1 aromatic carbocycles. The van der Waals surface area contributed by atoms with Crippen LogP contribution >= 0.6 is 0 Å². The number of nitrogens with zero attached hydrogens (tertiary/aromatic N) is 1. The zero-order chi connectivity index (χ0) is 16.8. The van der Waals surface area contributed by atoms with Crippen LogP contribution in [0.25, 0.3) is 0 Å². The lowest BCUT2D eigenvalue weighted by molar-refractivity contribution is 0.128. The third-order valence-electron chi connectivity index (χ3n) is 4.76. The number of anilines is 1. The van der Waals surface area contributed by atoms with Crippen LogP contribution in [0.4, 0.5) is 5.69 Å². The monoisotopic (exact) mass is 328 g/mol. The molecule has 130 valence electrons. The Hall–Kier alpha value is -1.78. The maximum atomic E-state index is 10.1. The lowest BCUT2D eigenvalue weighted by Gasteiger charge is -2.29. The van der Waals surface area contributed by atoms with Gasteiger partial charge in [0.05, 0.1) is 6.26 Å². The number of piperidine rings is 1. The van der Waals surface area contributed by atoms with Crippen LogP contribution in [0.1, 0.15) is 50.0 Å². The second kappa shape index (κ2) is 8.36. The summed E-state index contributed by atoms with van der Waals surface area (Å²) in [6.07, 6.45) is 5.65. The van der Waals surface area contributed by atoms with Crippen molar-refractivity contribution in [2.24, 2.45) is 0 Å². The summed E-state index contributed by atoms with van der Waals surface area (Å²) in [7, 11) is 0. The number of furan rings is 1. The predicted octanol–water partition coefficient (Wildman–Crippen LogP) is 3.87. The fourth-order valence-corrected chi connectivity index (χ4v) is 3.28. The van der Waals surface area contributed by atoms with Crippen LogP contribution in [0, 0.1) is 0 Å². The number of hydrogen-bond donors (Lipinski definition) is 2. The van der Waals surface area contributed by atoms with Crippen LogP contribution in [0.2, 0.25) is 0 Å². The summed E-state index contributed by atoms with van der Waals surface area (Å²) in [5, 5.41) is 13.6. The maximum Gasteiger partial charge on any atom is 0.132 e. The normalized spacial score (nSPS) is 17.7. The van der Waals surface area contributed by atoms with Crippen LogP contribution in [0.5, 0.6) is 0 Å². The van der Waals surface area contributed by atoms with Crippen LogP contribution in [0.3, 0.4) is 0 Å². The highest BCUT2D eigenvalue weighted by Gasteiger charge is 2.14. The largest absolute Gasteiger partial charge is 0.467 e. The van der Waals surface area contributed by atoms with Crippen molar-refractivity contribution in [3.05, 3.63) is 54.0 Å². The first kappa shape index (κ1) is 17.1. The number of hydrogen-bond acceptors (Lipinski definition) is 4. The van der Waals surface area contributed by atoms with E-state index in [1.54, 1.807) is 12.3 Å². The van der Waals surface area contributed by atoms with Crippen LogP contribution in [0.15, 0.2) is 47.1 Å². The molecule has 2 atom stereocenters. The first-order chi connectivity index (χ1) is 11.7. The predicted molar refractivity (Wildman–Crippen MR) is 97.1 cm³/mol. The Kier molecular flexibility index (Phi) is 5.94. The van der Waals surface area contributed by atoms with Gasteiger partial charge in [0.1, 0.15) is 11.9 Å². The van der Waals surface area contributed by atoms with Gasteiger partial charge in [-0.2, -0.15) is 0 Å². The molecule has 1 saturated heterocycles. The van der Waals surface area contributed by atoms with Crippen molar-refractivity contribution >= 4 is 5.69 Å². The number of nitrogens with one attached hydrogen (secondary N) is 1. The quantitative estimate of drug-likeness (QED) is 0.810. The zero-order valence-electron chi connectivity index (χ0n) is 14.4. The van der Waals surface area contributed by atoms with Gasteiger partial charge in [-0.3, -0.25) is 0 Å². The van der Waals surface area contributed by atoms with Gasteiger partial charge in [0.25, 0.3) is 0 Å². The molecule has 1 aliphatic heterocycles. The summed E-state index contributed by atoms with van der Waals surface area (Å²) in [4.78, 5) is 2.48. The molecule has 4 heteroatoms. The molecule has 1 aliphatic rings. The Morgan fingerprint density at radius 2 is 1.88 bits per heavy atom. The fourth-order valence-electron chi connectivity index (χ4n) is 3.28. The summed E-state index contributed by atoms with van der Waals surface area (Å²) in [5.74, 6) is 0.634.